The second-order valence-corrected chi connectivity index (χ2v) is 11.8. The molecule has 1 unspecified atom stereocenters. The highest BCUT2D eigenvalue weighted by atomic mass is 32.2. The summed E-state index contributed by atoms with van der Waals surface area (Å²) < 4.78 is 26.8. The van der Waals surface area contributed by atoms with E-state index in [1.54, 1.807) is 25.1 Å². The van der Waals surface area contributed by atoms with Gasteiger partial charge in [-0.2, -0.15) is 0 Å². The third kappa shape index (κ3) is 4.75. The van der Waals surface area contributed by atoms with Crippen molar-refractivity contribution < 1.29 is 13.5 Å². The van der Waals surface area contributed by atoms with Crippen LogP contribution in [0.5, 0.6) is 0 Å². The molecule has 1 heterocycles. The topological polar surface area (TPSA) is 57.6 Å². The summed E-state index contributed by atoms with van der Waals surface area (Å²) in [5, 5.41) is 11.6. The highest BCUT2D eigenvalue weighted by Crippen LogP contribution is 2.46. The lowest BCUT2D eigenvalue weighted by atomic mass is 9.75. The van der Waals surface area contributed by atoms with Gasteiger partial charge in [-0.25, -0.2) is 8.42 Å². The maximum atomic E-state index is 13.4. The fraction of sp³-hybridized carbons (Fsp3) is 0.250. The third-order valence-electron chi connectivity index (χ3n) is 7.57. The number of aliphatic hydroxyl groups excluding tert-OH is 1. The fourth-order valence-electron chi connectivity index (χ4n) is 5.98. The lowest BCUT2D eigenvalue weighted by molar-refractivity contribution is 0.0451. The molecule has 0 radical (unpaired) electrons. The second-order valence-electron chi connectivity index (χ2n) is 9.83. The van der Waals surface area contributed by atoms with Crippen LogP contribution in [-0.2, 0) is 15.4 Å². The number of aryl methyl sites for hydroxylation is 1. The summed E-state index contributed by atoms with van der Waals surface area (Å²) in [5.74, 6) is -0.312. The van der Waals surface area contributed by atoms with Crippen molar-refractivity contribution in [2.45, 2.75) is 42.3 Å². The molecule has 5 heteroatoms. The van der Waals surface area contributed by atoms with Crippen LogP contribution in [0, 0.1) is 6.92 Å². The molecule has 4 aromatic carbocycles. The molecule has 0 saturated carbocycles. The Kier molecular flexibility index (Phi) is 7.29. The zero-order valence-corrected chi connectivity index (χ0v) is 21.9. The molecule has 4 nitrogen and oxygen atoms in total. The summed E-state index contributed by atoms with van der Waals surface area (Å²) in [6.45, 7) is 2.54. The second kappa shape index (κ2) is 10.6. The first-order chi connectivity index (χ1) is 17.9. The molecule has 0 aromatic heterocycles. The summed E-state index contributed by atoms with van der Waals surface area (Å²) in [5.41, 5.74) is 3.29. The Morgan fingerprint density at radius 2 is 1.24 bits per heavy atom. The summed E-state index contributed by atoms with van der Waals surface area (Å²) >= 11 is 0. The molecule has 1 N–H and O–H groups in total. The fourth-order valence-corrected chi connectivity index (χ4v) is 7.67. The van der Waals surface area contributed by atoms with Crippen LogP contribution in [0.3, 0.4) is 0 Å². The minimum absolute atomic E-state index is 0.291. The number of sulfone groups is 1. The van der Waals surface area contributed by atoms with Crippen molar-refractivity contribution in [2.75, 3.05) is 12.3 Å². The average Bonchev–Trinajstić information content (AvgIpc) is 3.41. The van der Waals surface area contributed by atoms with Gasteiger partial charge in [0.15, 0.2) is 9.84 Å². The van der Waals surface area contributed by atoms with Gasteiger partial charge in [-0.3, -0.25) is 4.90 Å². The molecule has 2 atom stereocenters. The Hall–Kier alpha value is -3.25. The normalized spacial score (nSPS) is 17.5. The number of hydrogen-bond donors (Lipinski definition) is 1. The maximum absolute atomic E-state index is 13.4. The van der Waals surface area contributed by atoms with E-state index in [0.29, 0.717) is 10.5 Å². The van der Waals surface area contributed by atoms with E-state index in [4.69, 9.17) is 0 Å². The van der Waals surface area contributed by atoms with E-state index in [9.17, 15) is 13.5 Å². The predicted octanol–water partition coefficient (Wildman–Crippen LogP) is 5.59. The first kappa shape index (κ1) is 25.4. The van der Waals surface area contributed by atoms with Gasteiger partial charge in [-0.15, -0.1) is 0 Å². The van der Waals surface area contributed by atoms with E-state index in [1.165, 1.54) is 0 Å². The molecule has 5 rings (SSSR count). The summed E-state index contributed by atoms with van der Waals surface area (Å²) in [4.78, 5) is 2.63. The Bertz CT molecular complexity index is 1330. The van der Waals surface area contributed by atoms with Crippen LogP contribution in [-0.4, -0.2) is 42.9 Å². The maximum Gasteiger partial charge on any atom is 0.181 e. The monoisotopic (exact) mass is 511 g/mol. The van der Waals surface area contributed by atoms with Crippen molar-refractivity contribution in [1.29, 1.82) is 0 Å². The molecule has 0 spiro atoms. The van der Waals surface area contributed by atoms with Crippen LogP contribution in [0.25, 0.3) is 0 Å². The Morgan fingerprint density at radius 3 is 1.73 bits per heavy atom. The van der Waals surface area contributed by atoms with Crippen LogP contribution in [0.1, 0.15) is 35.1 Å². The molecule has 1 fully saturated rings. The molecule has 1 aliphatic heterocycles. The highest BCUT2D eigenvalue weighted by Gasteiger charge is 2.49. The van der Waals surface area contributed by atoms with Gasteiger partial charge >= 0.3 is 0 Å². The number of aliphatic hydroxyl groups is 1. The Labute approximate surface area is 220 Å². The highest BCUT2D eigenvalue weighted by molar-refractivity contribution is 7.91. The van der Waals surface area contributed by atoms with Crippen LogP contribution >= 0.6 is 0 Å². The van der Waals surface area contributed by atoms with Crippen molar-refractivity contribution in [1.82, 2.24) is 4.90 Å². The first-order valence-corrected chi connectivity index (χ1v) is 14.5. The van der Waals surface area contributed by atoms with Crippen LogP contribution < -0.4 is 0 Å². The van der Waals surface area contributed by atoms with Gasteiger partial charge in [0.25, 0.3) is 0 Å². The molecule has 1 saturated heterocycles. The lowest BCUT2D eigenvalue weighted by Gasteiger charge is -2.47. The summed E-state index contributed by atoms with van der Waals surface area (Å²) in [6.07, 6.45) is 0.557. The van der Waals surface area contributed by atoms with E-state index in [1.807, 2.05) is 60.7 Å². The smallest absolute Gasteiger partial charge is 0.181 e. The van der Waals surface area contributed by atoms with E-state index in [0.717, 1.165) is 36.1 Å². The minimum Gasteiger partial charge on any atom is -0.390 e. The van der Waals surface area contributed by atoms with Gasteiger partial charge in [0.05, 0.1) is 22.3 Å². The lowest BCUT2D eigenvalue weighted by Crippen LogP contribution is -2.54. The molecule has 190 valence electrons. The first-order valence-electron chi connectivity index (χ1n) is 12.8. The Balaban J connectivity index is 1.63. The molecule has 0 amide bonds. The van der Waals surface area contributed by atoms with Gasteiger partial charge in [0.1, 0.15) is 0 Å². The zero-order chi connectivity index (χ0) is 25.9. The van der Waals surface area contributed by atoms with Gasteiger partial charge < -0.3 is 5.11 Å². The third-order valence-corrected chi connectivity index (χ3v) is 9.48. The average molecular weight is 512 g/mol. The molecule has 1 aliphatic rings. The van der Waals surface area contributed by atoms with Crippen molar-refractivity contribution in [3.8, 4) is 0 Å². The van der Waals surface area contributed by atoms with Crippen molar-refractivity contribution >= 4 is 9.84 Å². The Morgan fingerprint density at radius 1 is 0.784 bits per heavy atom. The molecule has 37 heavy (non-hydrogen) atoms. The largest absolute Gasteiger partial charge is 0.390 e. The van der Waals surface area contributed by atoms with Gasteiger partial charge in [0.2, 0.25) is 0 Å². The van der Waals surface area contributed by atoms with Gasteiger partial charge in [-0.05, 0) is 48.1 Å². The SMILES string of the molecule is Cc1ccccc1S(=O)(=O)CC(O)[C@H]1CCCN1C(c1ccccc1)(c1ccccc1)c1ccccc1. The van der Waals surface area contributed by atoms with E-state index in [2.05, 4.69) is 41.3 Å². The molecular weight excluding hydrogens is 478 g/mol. The molecule has 4 aromatic rings. The standard InChI is InChI=1S/C32H33NO3S/c1-25-14-11-12-22-31(25)37(35,36)24-30(34)29-21-13-23-33(29)32(26-15-5-2-6-16-26,27-17-7-3-8-18-27)28-19-9-4-10-20-28/h2-12,14-20,22,29-30,34H,13,21,23-24H2,1H3/t29-,30?/m1/s1. The van der Waals surface area contributed by atoms with Crippen LogP contribution in [0.15, 0.2) is 120 Å². The van der Waals surface area contributed by atoms with E-state index in [-0.39, 0.29) is 11.8 Å². The van der Waals surface area contributed by atoms with E-state index < -0.39 is 21.5 Å². The predicted molar refractivity (Wildman–Crippen MR) is 148 cm³/mol. The van der Waals surface area contributed by atoms with Gasteiger partial charge in [0, 0.05) is 12.6 Å². The number of benzene rings is 4. The summed E-state index contributed by atoms with van der Waals surface area (Å²) in [7, 11) is -3.67. The number of hydrogen-bond acceptors (Lipinski definition) is 4. The molecular formula is C32H33NO3S. The van der Waals surface area contributed by atoms with Crippen LogP contribution in [0.2, 0.25) is 0 Å². The van der Waals surface area contributed by atoms with E-state index >= 15 is 0 Å². The van der Waals surface area contributed by atoms with Crippen LogP contribution in [0.4, 0.5) is 0 Å². The number of rotatable bonds is 8. The van der Waals surface area contributed by atoms with Crippen molar-refractivity contribution in [3.63, 3.8) is 0 Å². The van der Waals surface area contributed by atoms with Gasteiger partial charge in [-0.1, -0.05) is 109 Å². The quantitative estimate of drug-likeness (QED) is 0.314. The molecule has 0 bridgehead atoms. The number of likely N-dealkylation sites (tertiary alicyclic amines) is 1. The zero-order valence-electron chi connectivity index (χ0n) is 21.1. The van der Waals surface area contributed by atoms with Crippen molar-refractivity contribution in [2.24, 2.45) is 0 Å². The van der Waals surface area contributed by atoms with Crippen molar-refractivity contribution in [3.05, 3.63) is 138 Å². The number of nitrogens with zero attached hydrogens (tertiary/aromatic N) is 1. The summed E-state index contributed by atoms with van der Waals surface area (Å²) in [6, 6.07) is 37.7. The minimum atomic E-state index is -3.67. The molecule has 0 aliphatic carbocycles.